The van der Waals surface area contributed by atoms with Gasteiger partial charge in [-0.2, -0.15) is 0 Å². The number of nitrogens with two attached hydrogens (primary N) is 1. The Kier molecular flexibility index (Phi) is 5.62. The van der Waals surface area contributed by atoms with Crippen LogP contribution in [0.25, 0.3) is 0 Å². The summed E-state index contributed by atoms with van der Waals surface area (Å²) in [5, 5.41) is 2.75. The van der Waals surface area contributed by atoms with Crippen molar-refractivity contribution in [3.63, 3.8) is 0 Å². The third-order valence-corrected chi connectivity index (χ3v) is 3.98. The van der Waals surface area contributed by atoms with Gasteiger partial charge in [0.25, 0.3) is 5.91 Å². The van der Waals surface area contributed by atoms with Crippen LogP contribution < -0.4 is 15.8 Å². The number of anilines is 1. The number of hydrogen-bond donors (Lipinski definition) is 2. The number of aryl methyl sites for hydroxylation is 2. The summed E-state index contributed by atoms with van der Waals surface area (Å²) in [7, 11) is 0. The van der Waals surface area contributed by atoms with E-state index in [0.29, 0.717) is 17.0 Å². The van der Waals surface area contributed by atoms with Crippen molar-refractivity contribution in [2.24, 2.45) is 5.73 Å². The molecule has 2 rings (SSSR count). The Morgan fingerprint density at radius 2 is 1.67 bits per heavy atom. The van der Waals surface area contributed by atoms with Crippen LogP contribution in [0.3, 0.4) is 0 Å². The van der Waals surface area contributed by atoms with Gasteiger partial charge in [0.05, 0.1) is 0 Å². The van der Waals surface area contributed by atoms with E-state index in [9.17, 15) is 9.59 Å². The summed E-state index contributed by atoms with van der Waals surface area (Å²) in [6, 6.07) is 10.3. The molecule has 3 N–H and O–H groups in total. The van der Waals surface area contributed by atoms with Crippen molar-refractivity contribution in [1.82, 2.24) is 0 Å². The summed E-state index contributed by atoms with van der Waals surface area (Å²) in [6.45, 7) is 5.55. The van der Waals surface area contributed by atoms with Gasteiger partial charge in [0.15, 0.2) is 6.10 Å². The Hall–Kier alpha value is -2.34. The van der Waals surface area contributed by atoms with Gasteiger partial charge in [-0.3, -0.25) is 9.59 Å². The molecule has 6 heteroatoms. The topological polar surface area (TPSA) is 81.4 Å². The van der Waals surface area contributed by atoms with Crippen molar-refractivity contribution in [2.45, 2.75) is 26.9 Å². The maximum absolute atomic E-state index is 12.3. The molecule has 0 saturated heterocycles. The molecule has 24 heavy (non-hydrogen) atoms. The molecular weight excluding hydrogens is 372 g/mol. The van der Waals surface area contributed by atoms with E-state index in [2.05, 4.69) is 21.2 Å². The van der Waals surface area contributed by atoms with E-state index < -0.39 is 12.0 Å². The largest absolute Gasteiger partial charge is 0.480 e. The fraction of sp³-hybridized carbons (Fsp3) is 0.222. The van der Waals surface area contributed by atoms with Crippen LogP contribution in [0.5, 0.6) is 5.75 Å². The van der Waals surface area contributed by atoms with E-state index in [0.717, 1.165) is 15.6 Å². The van der Waals surface area contributed by atoms with E-state index in [1.807, 2.05) is 26.0 Å². The molecule has 126 valence electrons. The van der Waals surface area contributed by atoms with Crippen molar-refractivity contribution >= 4 is 33.4 Å². The summed E-state index contributed by atoms with van der Waals surface area (Å²) >= 11 is 3.43. The van der Waals surface area contributed by atoms with Gasteiger partial charge in [0.1, 0.15) is 5.75 Å². The fourth-order valence-electron chi connectivity index (χ4n) is 2.28. The summed E-state index contributed by atoms with van der Waals surface area (Å²) in [5.74, 6) is -0.0840. The lowest BCUT2D eigenvalue weighted by Crippen LogP contribution is -2.30. The van der Waals surface area contributed by atoms with Crippen LogP contribution in [-0.2, 0) is 4.79 Å². The van der Waals surface area contributed by atoms with Crippen LogP contribution in [-0.4, -0.2) is 17.9 Å². The minimum atomic E-state index is -0.667. The standard InChI is InChI=1S/C18H19BrN2O3/c1-10-8-14(19)9-11(2)16(10)24-12(3)18(23)21-15-6-4-13(5-7-15)17(20)22/h4-9,12H,1-3H3,(H2,20,22)(H,21,23). The first-order chi connectivity index (χ1) is 11.3. The predicted octanol–water partition coefficient (Wildman–Crippen LogP) is 3.57. The first-order valence-electron chi connectivity index (χ1n) is 7.42. The molecular formula is C18H19BrN2O3. The van der Waals surface area contributed by atoms with Crippen LogP contribution in [0.15, 0.2) is 40.9 Å². The minimum absolute atomic E-state index is 0.274. The summed E-state index contributed by atoms with van der Waals surface area (Å²) in [4.78, 5) is 23.3. The molecule has 0 aliphatic carbocycles. The SMILES string of the molecule is Cc1cc(Br)cc(C)c1OC(C)C(=O)Nc1ccc(C(N)=O)cc1. The second kappa shape index (κ2) is 7.49. The van der Waals surface area contributed by atoms with Crippen molar-refractivity contribution in [2.75, 3.05) is 5.32 Å². The quantitative estimate of drug-likeness (QED) is 0.818. The van der Waals surface area contributed by atoms with Gasteiger partial charge in [-0.1, -0.05) is 15.9 Å². The molecule has 2 aromatic carbocycles. The second-order valence-corrected chi connectivity index (χ2v) is 6.48. The number of carbonyl (C=O) groups is 2. The summed E-state index contributed by atoms with van der Waals surface area (Å²) < 4.78 is 6.79. The average molecular weight is 391 g/mol. The van der Waals surface area contributed by atoms with Gasteiger partial charge < -0.3 is 15.8 Å². The molecule has 0 bridgehead atoms. The minimum Gasteiger partial charge on any atom is -0.480 e. The smallest absolute Gasteiger partial charge is 0.265 e. The highest BCUT2D eigenvalue weighted by Crippen LogP contribution is 2.28. The first kappa shape index (κ1) is 18.0. The van der Waals surface area contributed by atoms with Crippen LogP contribution in [0.1, 0.15) is 28.4 Å². The zero-order valence-electron chi connectivity index (χ0n) is 13.7. The van der Waals surface area contributed by atoms with Crippen molar-refractivity contribution in [1.29, 1.82) is 0 Å². The maximum atomic E-state index is 12.3. The average Bonchev–Trinajstić information content (AvgIpc) is 2.51. The number of ether oxygens (including phenoxy) is 1. The van der Waals surface area contributed by atoms with Gasteiger partial charge in [-0.25, -0.2) is 0 Å². The third kappa shape index (κ3) is 4.35. The highest BCUT2D eigenvalue weighted by Gasteiger charge is 2.17. The van der Waals surface area contributed by atoms with Crippen LogP contribution in [0.4, 0.5) is 5.69 Å². The Balaban J connectivity index is 2.06. The lowest BCUT2D eigenvalue weighted by Gasteiger charge is -2.18. The number of benzene rings is 2. The van der Waals surface area contributed by atoms with E-state index in [1.165, 1.54) is 0 Å². The molecule has 0 heterocycles. The lowest BCUT2D eigenvalue weighted by atomic mass is 10.1. The van der Waals surface area contributed by atoms with Gasteiger partial charge in [-0.15, -0.1) is 0 Å². The van der Waals surface area contributed by atoms with Gasteiger partial charge in [0, 0.05) is 15.7 Å². The highest BCUT2D eigenvalue weighted by atomic mass is 79.9. The molecule has 0 aromatic heterocycles. The molecule has 0 aliphatic rings. The number of amides is 2. The third-order valence-electron chi connectivity index (χ3n) is 3.53. The van der Waals surface area contributed by atoms with Crippen molar-refractivity contribution < 1.29 is 14.3 Å². The molecule has 0 radical (unpaired) electrons. The Morgan fingerprint density at radius 3 is 2.17 bits per heavy atom. The van der Waals surface area contributed by atoms with Crippen molar-refractivity contribution in [3.05, 3.63) is 57.6 Å². The maximum Gasteiger partial charge on any atom is 0.265 e. The molecule has 0 fully saturated rings. The van der Waals surface area contributed by atoms with Gasteiger partial charge >= 0.3 is 0 Å². The van der Waals surface area contributed by atoms with Crippen LogP contribution in [0, 0.1) is 13.8 Å². The van der Waals surface area contributed by atoms with E-state index in [-0.39, 0.29) is 5.91 Å². The molecule has 0 spiro atoms. The number of rotatable bonds is 5. The summed E-state index contributed by atoms with van der Waals surface area (Å²) in [6.07, 6.45) is -0.667. The Labute approximate surface area is 149 Å². The molecule has 5 nitrogen and oxygen atoms in total. The number of halogens is 1. The number of nitrogens with one attached hydrogen (secondary N) is 1. The molecule has 2 amide bonds. The lowest BCUT2D eigenvalue weighted by molar-refractivity contribution is -0.122. The van der Waals surface area contributed by atoms with Crippen molar-refractivity contribution in [3.8, 4) is 5.75 Å². The van der Waals surface area contributed by atoms with Gasteiger partial charge in [0.2, 0.25) is 5.91 Å². The number of carbonyl (C=O) groups excluding carboxylic acids is 2. The van der Waals surface area contributed by atoms with Crippen LogP contribution >= 0.6 is 15.9 Å². The summed E-state index contributed by atoms with van der Waals surface area (Å²) in [5.41, 5.74) is 8.05. The molecule has 1 unspecified atom stereocenters. The molecule has 2 aromatic rings. The van der Waals surface area contributed by atoms with E-state index >= 15 is 0 Å². The van der Waals surface area contributed by atoms with E-state index in [1.54, 1.807) is 31.2 Å². The number of hydrogen-bond acceptors (Lipinski definition) is 3. The zero-order valence-corrected chi connectivity index (χ0v) is 15.3. The second-order valence-electron chi connectivity index (χ2n) is 5.56. The Bertz CT molecular complexity index is 749. The highest BCUT2D eigenvalue weighted by molar-refractivity contribution is 9.10. The monoisotopic (exact) mass is 390 g/mol. The number of primary amides is 1. The zero-order chi connectivity index (χ0) is 17.9. The van der Waals surface area contributed by atoms with Gasteiger partial charge in [-0.05, 0) is 68.3 Å². The Morgan fingerprint density at radius 1 is 1.12 bits per heavy atom. The van der Waals surface area contributed by atoms with E-state index in [4.69, 9.17) is 10.5 Å². The fourth-order valence-corrected chi connectivity index (χ4v) is 2.96. The van der Waals surface area contributed by atoms with Crippen LogP contribution in [0.2, 0.25) is 0 Å². The molecule has 0 aliphatic heterocycles. The molecule has 0 saturated carbocycles. The first-order valence-corrected chi connectivity index (χ1v) is 8.21. The molecule has 1 atom stereocenters. The normalized spacial score (nSPS) is 11.7. The predicted molar refractivity (Wildman–Crippen MR) is 97.3 cm³/mol.